The maximum atomic E-state index is 12.0. The molecule has 0 radical (unpaired) electrons. The number of aromatic hydroxyl groups is 1. The highest BCUT2D eigenvalue weighted by molar-refractivity contribution is 7.98. The van der Waals surface area contributed by atoms with Crippen molar-refractivity contribution in [1.29, 1.82) is 5.26 Å². The Labute approximate surface area is 125 Å². The Balaban J connectivity index is 2.24. The number of thioether (sulfide) groups is 1. The van der Waals surface area contributed by atoms with Gasteiger partial charge in [-0.2, -0.15) is 5.26 Å². The first-order chi connectivity index (χ1) is 10.1. The van der Waals surface area contributed by atoms with Crippen LogP contribution in [0.5, 0.6) is 5.75 Å². The Kier molecular flexibility index (Phi) is 3.43. The summed E-state index contributed by atoms with van der Waals surface area (Å²) in [6, 6.07) is 7.19. The van der Waals surface area contributed by atoms with Crippen LogP contribution in [0.25, 0.3) is 11.3 Å². The smallest absolute Gasteiger partial charge is 0.270 e. The first-order valence-electron chi connectivity index (χ1n) is 6.55. The van der Waals surface area contributed by atoms with E-state index >= 15 is 0 Å². The number of phenolic OH excluding ortho intramolecular Hbond substituents is 1. The van der Waals surface area contributed by atoms with E-state index in [9.17, 15) is 15.2 Å². The SMILES string of the molecule is CSc1nc(-c2cc(C3CC3)ccc2O)c(C#N)c(=O)[nH]1. The van der Waals surface area contributed by atoms with Crippen molar-refractivity contribution < 1.29 is 5.11 Å². The van der Waals surface area contributed by atoms with Gasteiger partial charge < -0.3 is 10.1 Å². The predicted octanol–water partition coefficient (Wildman–Crippen LogP) is 2.61. The van der Waals surface area contributed by atoms with Gasteiger partial charge in [0.2, 0.25) is 0 Å². The van der Waals surface area contributed by atoms with Crippen molar-refractivity contribution in [2.75, 3.05) is 6.26 Å². The highest BCUT2D eigenvalue weighted by Crippen LogP contribution is 2.42. The summed E-state index contributed by atoms with van der Waals surface area (Å²) in [5, 5.41) is 19.7. The number of H-pyrrole nitrogens is 1. The molecule has 106 valence electrons. The lowest BCUT2D eigenvalue weighted by Gasteiger charge is -2.09. The molecule has 1 aromatic heterocycles. The van der Waals surface area contributed by atoms with E-state index < -0.39 is 5.56 Å². The van der Waals surface area contributed by atoms with Gasteiger partial charge in [-0.25, -0.2) is 4.98 Å². The van der Waals surface area contributed by atoms with Gasteiger partial charge in [0.1, 0.15) is 23.1 Å². The van der Waals surface area contributed by atoms with Crippen molar-refractivity contribution >= 4 is 11.8 Å². The quantitative estimate of drug-likeness (QED) is 0.671. The molecule has 1 saturated carbocycles. The normalized spacial score (nSPS) is 13.9. The zero-order valence-corrected chi connectivity index (χ0v) is 12.2. The van der Waals surface area contributed by atoms with E-state index in [0.717, 1.165) is 18.4 Å². The van der Waals surface area contributed by atoms with Crippen molar-refractivity contribution in [3.63, 3.8) is 0 Å². The lowest BCUT2D eigenvalue weighted by molar-refractivity contribution is 0.477. The number of benzene rings is 1. The van der Waals surface area contributed by atoms with Crippen LogP contribution in [0.2, 0.25) is 0 Å². The highest BCUT2D eigenvalue weighted by atomic mass is 32.2. The Morgan fingerprint density at radius 3 is 2.86 bits per heavy atom. The molecular weight excluding hydrogens is 286 g/mol. The van der Waals surface area contributed by atoms with Gasteiger partial charge in [-0.05, 0) is 42.7 Å². The van der Waals surface area contributed by atoms with E-state index in [0.29, 0.717) is 16.6 Å². The van der Waals surface area contributed by atoms with Gasteiger partial charge in [-0.15, -0.1) is 0 Å². The second-order valence-electron chi connectivity index (χ2n) is 4.96. The lowest BCUT2D eigenvalue weighted by atomic mass is 10.0. The molecule has 1 fully saturated rings. The standard InChI is InChI=1S/C15H13N3O2S/c1-21-15-17-13(11(7-16)14(20)18-15)10-6-9(8-2-3-8)4-5-12(10)19/h4-6,8,19H,2-3H2,1H3,(H,17,18,20). The van der Waals surface area contributed by atoms with Gasteiger partial charge in [-0.1, -0.05) is 17.8 Å². The molecule has 21 heavy (non-hydrogen) atoms. The number of hydrogen-bond acceptors (Lipinski definition) is 5. The summed E-state index contributed by atoms with van der Waals surface area (Å²) < 4.78 is 0. The third-order valence-corrected chi connectivity index (χ3v) is 4.11. The van der Waals surface area contributed by atoms with Crippen molar-refractivity contribution in [3.05, 3.63) is 39.7 Å². The zero-order chi connectivity index (χ0) is 15.0. The van der Waals surface area contributed by atoms with E-state index in [2.05, 4.69) is 9.97 Å². The molecule has 1 aliphatic carbocycles. The molecule has 1 aromatic carbocycles. The molecule has 0 saturated heterocycles. The summed E-state index contributed by atoms with van der Waals surface area (Å²) in [5.41, 5.74) is 1.24. The van der Waals surface area contributed by atoms with Gasteiger partial charge in [0.05, 0.1) is 0 Å². The van der Waals surface area contributed by atoms with Crippen LogP contribution in [-0.4, -0.2) is 21.3 Å². The molecule has 0 bridgehead atoms. The molecule has 1 heterocycles. The average Bonchev–Trinajstić information content (AvgIpc) is 3.31. The Morgan fingerprint density at radius 1 is 1.48 bits per heavy atom. The maximum Gasteiger partial charge on any atom is 0.270 e. The Morgan fingerprint density at radius 2 is 2.24 bits per heavy atom. The summed E-state index contributed by atoms with van der Waals surface area (Å²) in [4.78, 5) is 18.8. The summed E-state index contributed by atoms with van der Waals surface area (Å²) >= 11 is 1.28. The van der Waals surface area contributed by atoms with E-state index in [1.807, 2.05) is 18.2 Å². The lowest BCUT2D eigenvalue weighted by Crippen LogP contribution is -2.14. The number of nitriles is 1. The number of aromatic nitrogens is 2. The monoisotopic (exact) mass is 299 g/mol. The summed E-state index contributed by atoms with van der Waals surface area (Å²) in [7, 11) is 0. The molecule has 0 atom stereocenters. The largest absolute Gasteiger partial charge is 0.507 e. The van der Waals surface area contributed by atoms with Gasteiger partial charge in [0.25, 0.3) is 5.56 Å². The van der Waals surface area contributed by atoms with Crippen LogP contribution in [0, 0.1) is 11.3 Å². The van der Waals surface area contributed by atoms with Crippen LogP contribution in [-0.2, 0) is 0 Å². The molecule has 0 unspecified atom stereocenters. The molecule has 1 aliphatic rings. The van der Waals surface area contributed by atoms with Crippen molar-refractivity contribution in [1.82, 2.24) is 9.97 Å². The van der Waals surface area contributed by atoms with E-state index in [4.69, 9.17) is 0 Å². The Bertz CT molecular complexity index is 804. The minimum Gasteiger partial charge on any atom is -0.507 e. The van der Waals surface area contributed by atoms with Crippen molar-refractivity contribution in [3.8, 4) is 23.1 Å². The summed E-state index contributed by atoms with van der Waals surface area (Å²) in [6.07, 6.45) is 4.05. The second kappa shape index (κ2) is 5.26. The third kappa shape index (κ3) is 2.52. The molecule has 2 N–H and O–H groups in total. The molecule has 6 heteroatoms. The Hall–Kier alpha value is -2.26. The fourth-order valence-electron chi connectivity index (χ4n) is 2.26. The average molecular weight is 299 g/mol. The van der Waals surface area contributed by atoms with Gasteiger partial charge in [-0.3, -0.25) is 4.79 Å². The van der Waals surface area contributed by atoms with Gasteiger partial charge in [0.15, 0.2) is 5.16 Å². The van der Waals surface area contributed by atoms with Crippen molar-refractivity contribution in [2.45, 2.75) is 23.9 Å². The van der Waals surface area contributed by atoms with Crippen LogP contribution in [0.15, 0.2) is 28.2 Å². The molecule has 2 aromatic rings. The van der Waals surface area contributed by atoms with Gasteiger partial charge in [0, 0.05) is 5.56 Å². The van der Waals surface area contributed by atoms with Crippen molar-refractivity contribution in [2.24, 2.45) is 0 Å². The first kappa shape index (κ1) is 13.7. The molecule has 0 spiro atoms. The molecular formula is C15H13N3O2S. The second-order valence-corrected chi connectivity index (χ2v) is 5.76. The molecule has 0 aliphatic heterocycles. The number of aromatic amines is 1. The van der Waals surface area contributed by atoms with Crippen LogP contribution in [0.3, 0.4) is 0 Å². The highest BCUT2D eigenvalue weighted by Gasteiger charge is 2.25. The first-order valence-corrected chi connectivity index (χ1v) is 7.78. The van der Waals surface area contributed by atoms with Crippen LogP contribution < -0.4 is 5.56 Å². The minimum atomic E-state index is -0.483. The van der Waals surface area contributed by atoms with Crippen LogP contribution >= 0.6 is 11.8 Å². The van der Waals surface area contributed by atoms with E-state index in [-0.39, 0.29) is 17.0 Å². The number of nitrogens with one attached hydrogen (secondary N) is 1. The van der Waals surface area contributed by atoms with Crippen LogP contribution in [0.4, 0.5) is 0 Å². The van der Waals surface area contributed by atoms with E-state index in [1.54, 1.807) is 12.3 Å². The number of hydrogen-bond donors (Lipinski definition) is 2. The fourth-order valence-corrected chi connectivity index (χ4v) is 2.64. The number of rotatable bonds is 3. The topological polar surface area (TPSA) is 89.8 Å². The molecule has 5 nitrogen and oxygen atoms in total. The third-order valence-electron chi connectivity index (χ3n) is 3.53. The van der Waals surface area contributed by atoms with E-state index in [1.165, 1.54) is 11.8 Å². The number of nitrogens with zero attached hydrogens (tertiary/aromatic N) is 2. The minimum absolute atomic E-state index is 0.0288. The van der Waals surface area contributed by atoms with Crippen LogP contribution in [0.1, 0.15) is 29.9 Å². The number of phenols is 1. The van der Waals surface area contributed by atoms with Gasteiger partial charge >= 0.3 is 0 Å². The molecule has 3 rings (SSSR count). The summed E-state index contributed by atoms with van der Waals surface area (Å²) in [5.74, 6) is 0.540. The zero-order valence-electron chi connectivity index (χ0n) is 11.4. The fraction of sp³-hybridized carbons (Fsp3) is 0.267. The molecule has 0 amide bonds. The predicted molar refractivity (Wildman–Crippen MR) is 80.4 cm³/mol. The maximum absolute atomic E-state index is 12.0. The summed E-state index contributed by atoms with van der Waals surface area (Å²) in [6.45, 7) is 0.